The smallest absolute Gasteiger partial charge is 0.248 e. The van der Waals surface area contributed by atoms with Gasteiger partial charge in [-0.1, -0.05) is 25.1 Å². The summed E-state index contributed by atoms with van der Waals surface area (Å²) in [6.45, 7) is 4.10. The molecule has 2 unspecified atom stereocenters. The number of nitrogens with one attached hydrogen (secondary N) is 1. The number of rotatable bonds is 7. The highest BCUT2D eigenvalue weighted by Crippen LogP contribution is 2.38. The van der Waals surface area contributed by atoms with E-state index in [4.69, 9.17) is 5.73 Å². The third-order valence-electron chi connectivity index (χ3n) is 5.91. The molecule has 1 aliphatic carbocycles. The third-order valence-corrected chi connectivity index (χ3v) is 8.27. The van der Waals surface area contributed by atoms with Crippen LogP contribution in [-0.4, -0.2) is 31.8 Å². The molecule has 0 aliphatic heterocycles. The number of amides is 2. The number of thiophene rings is 1. The molecule has 1 aromatic carbocycles. The molecule has 2 heterocycles. The van der Waals surface area contributed by atoms with Gasteiger partial charge in [0.1, 0.15) is 0 Å². The minimum Gasteiger partial charge on any atom is -0.366 e. The molecule has 1 aliphatic rings. The summed E-state index contributed by atoms with van der Waals surface area (Å²) in [5.74, 6) is 0.974. The number of carbonyl (C=O) groups is 2. The Bertz CT molecular complexity index is 1140. The first kappa shape index (κ1) is 22.5. The van der Waals surface area contributed by atoms with Crippen LogP contribution in [0.15, 0.2) is 35.5 Å². The van der Waals surface area contributed by atoms with Gasteiger partial charge in [-0.25, -0.2) is 0 Å². The highest BCUT2D eigenvalue weighted by atomic mass is 32.2. The fourth-order valence-corrected chi connectivity index (χ4v) is 5.91. The van der Waals surface area contributed by atoms with Crippen LogP contribution >= 0.6 is 23.1 Å². The topological polar surface area (TPSA) is 103 Å². The number of benzene rings is 1. The first-order valence-electron chi connectivity index (χ1n) is 10.7. The Morgan fingerprint density at radius 2 is 2.06 bits per heavy atom. The van der Waals surface area contributed by atoms with Crippen LogP contribution in [0.25, 0.3) is 10.7 Å². The molecule has 0 bridgehead atoms. The molecule has 2 atom stereocenters. The fourth-order valence-electron chi connectivity index (χ4n) is 3.86. The number of aromatic nitrogens is 3. The highest BCUT2D eigenvalue weighted by molar-refractivity contribution is 8.00. The molecule has 0 saturated carbocycles. The zero-order valence-electron chi connectivity index (χ0n) is 18.4. The Labute approximate surface area is 195 Å². The summed E-state index contributed by atoms with van der Waals surface area (Å²) in [6, 6.07) is 8.78. The summed E-state index contributed by atoms with van der Waals surface area (Å²) < 4.78 is 1.96. The fraction of sp³-hybridized carbons (Fsp3) is 0.391. The monoisotopic (exact) mass is 469 g/mol. The standard InChI is InChI=1S/C23H27N5O2S2/c1-4-14-5-10-18-16(11-14)12-19(32-18)21-26-27-23(28(21)3)31-13(2)22(30)25-17-8-6-15(7-9-17)20(24)29/h6-9,12-14H,4-5,10-11H2,1-3H3,(H2,24,29)(H,25,30). The van der Waals surface area contributed by atoms with E-state index < -0.39 is 5.91 Å². The molecule has 0 radical (unpaired) electrons. The Kier molecular flexibility index (Phi) is 6.66. The van der Waals surface area contributed by atoms with Crippen LogP contribution < -0.4 is 11.1 Å². The SMILES string of the molecule is CCC1CCc2sc(-c3nnc(SC(C)C(=O)Nc4ccc(C(N)=O)cc4)n3C)cc2C1. The molecular weight excluding hydrogens is 442 g/mol. The molecule has 7 nitrogen and oxygen atoms in total. The number of hydrogen-bond acceptors (Lipinski definition) is 6. The van der Waals surface area contributed by atoms with E-state index in [1.807, 2.05) is 29.9 Å². The van der Waals surface area contributed by atoms with Gasteiger partial charge < -0.3 is 15.6 Å². The molecular formula is C23H27N5O2S2. The Balaban J connectivity index is 1.43. The van der Waals surface area contributed by atoms with Crippen molar-refractivity contribution in [3.63, 3.8) is 0 Å². The van der Waals surface area contributed by atoms with Gasteiger partial charge in [0.05, 0.1) is 10.1 Å². The lowest BCUT2D eigenvalue weighted by Gasteiger charge is -2.19. The Morgan fingerprint density at radius 3 is 2.75 bits per heavy atom. The molecule has 4 rings (SSSR count). The second kappa shape index (κ2) is 9.46. The van der Waals surface area contributed by atoms with Gasteiger partial charge in [0.15, 0.2) is 11.0 Å². The lowest BCUT2D eigenvalue weighted by atomic mass is 9.87. The number of anilines is 1. The van der Waals surface area contributed by atoms with Gasteiger partial charge >= 0.3 is 0 Å². The normalized spacial score (nSPS) is 16.4. The van der Waals surface area contributed by atoms with Gasteiger partial charge in [-0.3, -0.25) is 9.59 Å². The number of thioether (sulfide) groups is 1. The van der Waals surface area contributed by atoms with Gasteiger partial charge in [0.2, 0.25) is 11.8 Å². The molecule has 168 valence electrons. The molecule has 9 heteroatoms. The molecule has 0 saturated heterocycles. The van der Waals surface area contributed by atoms with E-state index in [0.717, 1.165) is 29.5 Å². The van der Waals surface area contributed by atoms with Crippen LogP contribution in [0.1, 0.15) is 47.5 Å². The average Bonchev–Trinajstić information content (AvgIpc) is 3.36. The van der Waals surface area contributed by atoms with E-state index >= 15 is 0 Å². The number of primary amides is 1. The van der Waals surface area contributed by atoms with Crippen LogP contribution in [0.4, 0.5) is 5.69 Å². The molecule has 3 N–H and O–H groups in total. The summed E-state index contributed by atoms with van der Waals surface area (Å²) in [7, 11) is 1.94. The van der Waals surface area contributed by atoms with Gasteiger partial charge in [-0.15, -0.1) is 21.5 Å². The number of fused-ring (bicyclic) bond motifs is 1. The van der Waals surface area contributed by atoms with Gasteiger partial charge in [-0.2, -0.15) is 0 Å². The van der Waals surface area contributed by atoms with Crippen LogP contribution in [0, 0.1) is 5.92 Å². The van der Waals surface area contributed by atoms with E-state index in [1.54, 1.807) is 24.3 Å². The van der Waals surface area contributed by atoms with E-state index in [2.05, 4.69) is 28.5 Å². The summed E-state index contributed by atoms with van der Waals surface area (Å²) in [5.41, 5.74) is 7.72. The maximum absolute atomic E-state index is 12.6. The van der Waals surface area contributed by atoms with Crippen LogP contribution in [0.3, 0.4) is 0 Å². The van der Waals surface area contributed by atoms with Crippen molar-refractivity contribution in [1.82, 2.24) is 14.8 Å². The number of nitrogens with two attached hydrogens (primary N) is 1. The van der Waals surface area contributed by atoms with Crippen molar-refractivity contribution in [3.8, 4) is 10.7 Å². The zero-order valence-corrected chi connectivity index (χ0v) is 20.1. The highest BCUT2D eigenvalue weighted by Gasteiger charge is 2.24. The number of hydrogen-bond donors (Lipinski definition) is 2. The maximum Gasteiger partial charge on any atom is 0.248 e. The summed E-state index contributed by atoms with van der Waals surface area (Å²) in [4.78, 5) is 26.4. The quantitative estimate of drug-likeness (QED) is 0.503. The third kappa shape index (κ3) is 4.73. The van der Waals surface area contributed by atoms with Crippen molar-refractivity contribution in [2.75, 3.05) is 5.32 Å². The summed E-state index contributed by atoms with van der Waals surface area (Å²) >= 11 is 3.18. The predicted octanol–water partition coefficient (Wildman–Crippen LogP) is 4.28. The first-order chi connectivity index (χ1) is 15.4. The molecule has 2 amide bonds. The minimum absolute atomic E-state index is 0.149. The molecule has 3 aromatic rings. The summed E-state index contributed by atoms with van der Waals surface area (Å²) in [5, 5.41) is 11.9. The first-order valence-corrected chi connectivity index (χ1v) is 12.4. The minimum atomic E-state index is -0.498. The lowest BCUT2D eigenvalue weighted by Crippen LogP contribution is -2.23. The van der Waals surface area contributed by atoms with Crippen LogP contribution in [0.2, 0.25) is 0 Å². The average molecular weight is 470 g/mol. The number of carbonyl (C=O) groups excluding carboxylic acids is 2. The van der Waals surface area contributed by atoms with Crippen LogP contribution in [-0.2, 0) is 24.7 Å². The maximum atomic E-state index is 12.6. The second-order valence-corrected chi connectivity index (χ2v) is 10.6. The van der Waals surface area contributed by atoms with Crippen molar-refractivity contribution in [1.29, 1.82) is 0 Å². The Morgan fingerprint density at radius 1 is 1.31 bits per heavy atom. The van der Waals surface area contributed by atoms with E-state index in [-0.39, 0.29) is 11.2 Å². The van der Waals surface area contributed by atoms with E-state index in [0.29, 0.717) is 16.4 Å². The predicted molar refractivity (Wildman–Crippen MR) is 129 cm³/mol. The number of nitrogens with zero attached hydrogens (tertiary/aromatic N) is 3. The molecule has 2 aromatic heterocycles. The van der Waals surface area contributed by atoms with Crippen LogP contribution in [0.5, 0.6) is 0 Å². The zero-order chi connectivity index (χ0) is 22.8. The van der Waals surface area contributed by atoms with Crippen molar-refractivity contribution in [2.45, 2.75) is 49.9 Å². The molecule has 0 fully saturated rings. The van der Waals surface area contributed by atoms with Gasteiger partial charge in [-0.05, 0) is 68.0 Å². The molecule has 0 spiro atoms. The number of aryl methyl sites for hydroxylation is 1. The van der Waals surface area contributed by atoms with Crippen molar-refractivity contribution in [2.24, 2.45) is 18.7 Å². The van der Waals surface area contributed by atoms with Crippen molar-refractivity contribution in [3.05, 3.63) is 46.3 Å². The second-order valence-electron chi connectivity index (χ2n) is 8.13. The van der Waals surface area contributed by atoms with Crippen molar-refractivity contribution >= 4 is 40.6 Å². The van der Waals surface area contributed by atoms with Gasteiger partial charge in [0.25, 0.3) is 0 Å². The Hall–Kier alpha value is -2.65. The largest absolute Gasteiger partial charge is 0.366 e. The summed E-state index contributed by atoms with van der Waals surface area (Å²) in [6.07, 6.45) is 4.79. The van der Waals surface area contributed by atoms with E-state index in [1.165, 1.54) is 35.0 Å². The van der Waals surface area contributed by atoms with Crippen molar-refractivity contribution < 1.29 is 9.59 Å². The van der Waals surface area contributed by atoms with Gasteiger partial charge in [0, 0.05) is 23.2 Å². The molecule has 32 heavy (non-hydrogen) atoms. The van der Waals surface area contributed by atoms with E-state index in [9.17, 15) is 9.59 Å². The lowest BCUT2D eigenvalue weighted by molar-refractivity contribution is -0.115.